The number of primary amides is 1. The summed E-state index contributed by atoms with van der Waals surface area (Å²) in [6.45, 7) is 6.75. The van der Waals surface area contributed by atoms with E-state index in [1.165, 1.54) is 12.8 Å². The van der Waals surface area contributed by atoms with Gasteiger partial charge in [-0.25, -0.2) is 4.79 Å². The number of ether oxygens (including phenoxy) is 1. The molecule has 1 aliphatic heterocycles. The molecular formula is C19H31N5O2. The van der Waals surface area contributed by atoms with E-state index < -0.39 is 6.09 Å². The molecule has 1 saturated heterocycles. The van der Waals surface area contributed by atoms with Crippen molar-refractivity contribution in [1.29, 1.82) is 0 Å². The van der Waals surface area contributed by atoms with Gasteiger partial charge >= 0.3 is 6.09 Å². The van der Waals surface area contributed by atoms with E-state index in [-0.39, 0.29) is 6.10 Å². The standard InChI is InChI=1S/C19H31N5O2/c1-13(2)14-9-11-24(12-10-14)18-8-7-17(22-23-18)21-15-3-5-16(6-4-15)26-19(20)25/h7-8,13-16H,3-6,9-12H2,1-2H3,(H2,20,25)(H,21,22). The Morgan fingerprint density at radius 1 is 1.15 bits per heavy atom. The molecule has 1 aromatic rings. The normalized spacial score (nSPS) is 24.5. The topological polar surface area (TPSA) is 93.4 Å². The third-order valence-corrected chi connectivity index (χ3v) is 5.77. The van der Waals surface area contributed by atoms with E-state index in [1.807, 2.05) is 6.07 Å². The van der Waals surface area contributed by atoms with Crippen LogP contribution >= 0.6 is 0 Å². The van der Waals surface area contributed by atoms with Crippen molar-refractivity contribution in [1.82, 2.24) is 10.2 Å². The first-order valence-corrected chi connectivity index (χ1v) is 9.82. The summed E-state index contributed by atoms with van der Waals surface area (Å²) in [6, 6.07) is 4.42. The maximum atomic E-state index is 10.8. The third kappa shape index (κ3) is 4.99. The van der Waals surface area contributed by atoms with Gasteiger partial charge in [-0.05, 0) is 62.5 Å². The first-order valence-electron chi connectivity index (χ1n) is 9.82. The van der Waals surface area contributed by atoms with Crippen LogP contribution in [-0.4, -0.2) is 41.5 Å². The number of piperidine rings is 1. The highest BCUT2D eigenvalue weighted by atomic mass is 16.6. The van der Waals surface area contributed by atoms with Crippen LogP contribution < -0.4 is 16.0 Å². The number of carbonyl (C=O) groups is 1. The van der Waals surface area contributed by atoms with Crippen molar-refractivity contribution in [2.24, 2.45) is 17.6 Å². The summed E-state index contributed by atoms with van der Waals surface area (Å²) in [6.07, 6.45) is 5.27. The summed E-state index contributed by atoms with van der Waals surface area (Å²) < 4.78 is 5.07. The van der Waals surface area contributed by atoms with E-state index in [2.05, 4.69) is 40.3 Å². The zero-order chi connectivity index (χ0) is 18.5. The molecule has 3 N–H and O–H groups in total. The second kappa shape index (κ2) is 8.56. The number of hydrogen-bond donors (Lipinski definition) is 2. The highest BCUT2D eigenvalue weighted by molar-refractivity contribution is 5.64. The second-order valence-electron chi connectivity index (χ2n) is 7.90. The molecule has 0 atom stereocenters. The van der Waals surface area contributed by atoms with Gasteiger partial charge < -0.3 is 20.7 Å². The highest BCUT2D eigenvalue weighted by Gasteiger charge is 2.24. The zero-order valence-electron chi connectivity index (χ0n) is 15.9. The fraction of sp³-hybridized carbons (Fsp3) is 0.737. The summed E-state index contributed by atoms with van der Waals surface area (Å²) in [7, 11) is 0. The summed E-state index contributed by atoms with van der Waals surface area (Å²) in [5, 5.41) is 12.2. The molecule has 1 saturated carbocycles. The van der Waals surface area contributed by atoms with Crippen molar-refractivity contribution in [3.05, 3.63) is 12.1 Å². The van der Waals surface area contributed by atoms with E-state index in [0.717, 1.165) is 62.2 Å². The Labute approximate surface area is 155 Å². The van der Waals surface area contributed by atoms with Crippen LogP contribution in [0, 0.1) is 11.8 Å². The average molecular weight is 361 g/mol. The minimum atomic E-state index is -0.680. The molecule has 0 bridgehead atoms. The van der Waals surface area contributed by atoms with Gasteiger partial charge in [-0.1, -0.05) is 13.8 Å². The predicted octanol–water partition coefficient (Wildman–Crippen LogP) is 3.17. The molecule has 2 fully saturated rings. The van der Waals surface area contributed by atoms with Gasteiger partial charge in [-0.3, -0.25) is 0 Å². The SMILES string of the molecule is CC(C)C1CCN(c2ccc(NC3CCC(OC(N)=O)CC3)nn2)CC1. The van der Waals surface area contributed by atoms with Gasteiger partial charge in [0.15, 0.2) is 5.82 Å². The van der Waals surface area contributed by atoms with Gasteiger partial charge in [0, 0.05) is 19.1 Å². The first kappa shape index (κ1) is 18.7. The molecule has 7 heteroatoms. The Balaban J connectivity index is 1.46. The van der Waals surface area contributed by atoms with E-state index in [0.29, 0.717) is 6.04 Å². The second-order valence-corrected chi connectivity index (χ2v) is 7.90. The first-order chi connectivity index (χ1) is 12.5. The molecule has 0 radical (unpaired) electrons. The van der Waals surface area contributed by atoms with Gasteiger partial charge in [0.1, 0.15) is 11.9 Å². The van der Waals surface area contributed by atoms with Gasteiger partial charge in [-0.2, -0.15) is 0 Å². The molecule has 144 valence electrons. The van der Waals surface area contributed by atoms with E-state index in [9.17, 15) is 4.79 Å². The Hall–Kier alpha value is -2.05. The van der Waals surface area contributed by atoms with Crippen LogP contribution in [0.4, 0.5) is 16.4 Å². The van der Waals surface area contributed by atoms with Crippen molar-refractivity contribution >= 4 is 17.7 Å². The van der Waals surface area contributed by atoms with E-state index >= 15 is 0 Å². The van der Waals surface area contributed by atoms with Gasteiger partial charge in [0.05, 0.1) is 0 Å². The molecule has 2 aliphatic rings. The van der Waals surface area contributed by atoms with Crippen molar-refractivity contribution in [2.75, 3.05) is 23.3 Å². The largest absolute Gasteiger partial charge is 0.446 e. The number of nitrogens with one attached hydrogen (secondary N) is 1. The Morgan fingerprint density at radius 2 is 1.85 bits per heavy atom. The average Bonchev–Trinajstić information content (AvgIpc) is 2.64. The molecular weight excluding hydrogens is 330 g/mol. The minimum absolute atomic E-state index is 0.0484. The predicted molar refractivity (Wildman–Crippen MR) is 102 cm³/mol. The van der Waals surface area contributed by atoms with Crippen LogP contribution in [-0.2, 0) is 4.74 Å². The van der Waals surface area contributed by atoms with Crippen LogP contribution in [0.3, 0.4) is 0 Å². The molecule has 7 nitrogen and oxygen atoms in total. The monoisotopic (exact) mass is 361 g/mol. The fourth-order valence-electron chi connectivity index (χ4n) is 4.06. The smallest absolute Gasteiger partial charge is 0.404 e. The number of anilines is 2. The van der Waals surface area contributed by atoms with Gasteiger partial charge in [0.25, 0.3) is 0 Å². The number of rotatable bonds is 5. The molecule has 1 amide bonds. The van der Waals surface area contributed by atoms with Gasteiger partial charge in [-0.15, -0.1) is 10.2 Å². The van der Waals surface area contributed by atoms with Crippen molar-refractivity contribution in [3.8, 4) is 0 Å². The molecule has 0 unspecified atom stereocenters. The lowest BCUT2D eigenvalue weighted by molar-refractivity contribution is 0.0805. The molecule has 1 aliphatic carbocycles. The summed E-state index contributed by atoms with van der Waals surface area (Å²) in [4.78, 5) is 13.2. The number of nitrogens with zero attached hydrogens (tertiary/aromatic N) is 3. The van der Waals surface area contributed by atoms with Crippen molar-refractivity contribution in [2.45, 2.75) is 64.5 Å². The molecule has 1 aromatic heterocycles. The lowest BCUT2D eigenvalue weighted by Gasteiger charge is -2.34. The summed E-state index contributed by atoms with van der Waals surface area (Å²) in [5.41, 5.74) is 5.08. The van der Waals surface area contributed by atoms with Crippen LogP contribution in [0.25, 0.3) is 0 Å². The van der Waals surface area contributed by atoms with E-state index in [4.69, 9.17) is 10.5 Å². The van der Waals surface area contributed by atoms with Crippen molar-refractivity contribution in [3.63, 3.8) is 0 Å². The lowest BCUT2D eigenvalue weighted by atomic mass is 9.87. The maximum Gasteiger partial charge on any atom is 0.404 e. The van der Waals surface area contributed by atoms with Crippen LogP contribution in [0.15, 0.2) is 12.1 Å². The number of aromatic nitrogens is 2. The zero-order valence-corrected chi connectivity index (χ0v) is 15.9. The Kier molecular flexibility index (Phi) is 6.16. The summed E-state index contributed by atoms with van der Waals surface area (Å²) >= 11 is 0. The van der Waals surface area contributed by atoms with Gasteiger partial charge in [0.2, 0.25) is 0 Å². The quantitative estimate of drug-likeness (QED) is 0.837. The Morgan fingerprint density at radius 3 is 2.38 bits per heavy atom. The third-order valence-electron chi connectivity index (χ3n) is 5.77. The Bertz CT molecular complexity index is 576. The highest BCUT2D eigenvalue weighted by Crippen LogP contribution is 2.27. The molecule has 26 heavy (non-hydrogen) atoms. The van der Waals surface area contributed by atoms with Crippen LogP contribution in [0.2, 0.25) is 0 Å². The molecule has 3 rings (SSSR count). The van der Waals surface area contributed by atoms with E-state index in [1.54, 1.807) is 0 Å². The minimum Gasteiger partial charge on any atom is -0.446 e. The molecule has 2 heterocycles. The lowest BCUT2D eigenvalue weighted by Crippen LogP contribution is -2.36. The van der Waals surface area contributed by atoms with Crippen LogP contribution in [0.5, 0.6) is 0 Å². The number of hydrogen-bond acceptors (Lipinski definition) is 6. The molecule has 0 aromatic carbocycles. The number of carbonyl (C=O) groups excluding carboxylic acids is 1. The summed E-state index contributed by atoms with van der Waals surface area (Å²) in [5.74, 6) is 3.37. The molecule has 0 spiro atoms. The van der Waals surface area contributed by atoms with Crippen molar-refractivity contribution < 1.29 is 9.53 Å². The number of amides is 1. The fourth-order valence-corrected chi connectivity index (χ4v) is 4.06. The van der Waals surface area contributed by atoms with Crippen LogP contribution in [0.1, 0.15) is 52.4 Å². The maximum absolute atomic E-state index is 10.8. The number of nitrogens with two attached hydrogens (primary N) is 1.